The van der Waals surface area contributed by atoms with E-state index in [0.29, 0.717) is 17.4 Å². The molecule has 3 aromatic rings. The SMILES string of the molecule is COc1cc([C@@H]2N=C(N)Nc3nc4ccccc4n32)ccc1OCC(=O)[O-]. The van der Waals surface area contributed by atoms with Gasteiger partial charge in [-0.25, -0.2) is 9.98 Å². The smallest absolute Gasteiger partial charge is 0.212 e. The average molecular weight is 366 g/mol. The summed E-state index contributed by atoms with van der Waals surface area (Å²) in [6.07, 6.45) is -0.460. The zero-order chi connectivity index (χ0) is 19.0. The Hall–Kier alpha value is -3.75. The number of methoxy groups -OCH3 is 1. The second-order valence-corrected chi connectivity index (χ2v) is 5.88. The number of para-hydroxylation sites is 2. The number of carbonyl (C=O) groups excluding carboxylic acids is 1. The van der Waals surface area contributed by atoms with Crippen molar-refractivity contribution in [3.8, 4) is 11.5 Å². The normalized spacial score (nSPS) is 15.6. The van der Waals surface area contributed by atoms with E-state index in [1.165, 1.54) is 7.11 Å². The molecule has 3 N–H and O–H groups in total. The fourth-order valence-corrected chi connectivity index (χ4v) is 3.04. The van der Waals surface area contributed by atoms with Gasteiger partial charge in [0.15, 0.2) is 23.6 Å². The number of nitrogens with two attached hydrogens (primary N) is 1. The van der Waals surface area contributed by atoms with Gasteiger partial charge in [-0.1, -0.05) is 18.2 Å². The fourth-order valence-electron chi connectivity index (χ4n) is 3.04. The lowest BCUT2D eigenvalue weighted by Gasteiger charge is -2.24. The number of nitrogens with zero attached hydrogens (tertiary/aromatic N) is 3. The van der Waals surface area contributed by atoms with Crippen LogP contribution < -0.4 is 25.6 Å². The molecule has 9 nitrogen and oxygen atoms in total. The van der Waals surface area contributed by atoms with Crippen LogP contribution in [0.3, 0.4) is 0 Å². The summed E-state index contributed by atoms with van der Waals surface area (Å²) in [4.78, 5) is 19.7. The van der Waals surface area contributed by atoms with Gasteiger partial charge < -0.3 is 25.1 Å². The predicted octanol–water partition coefficient (Wildman–Crippen LogP) is 0.461. The van der Waals surface area contributed by atoms with E-state index in [4.69, 9.17) is 15.2 Å². The molecule has 1 aromatic heterocycles. The van der Waals surface area contributed by atoms with E-state index in [2.05, 4.69) is 15.3 Å². The zero-order valence-corrected chi connectivity index (χ0v) is 14.4. The van der Waals surface area contributed by atoms with Gasteiger partial charge >= 0.3 is 0 Å². The van der Waals surface area contributed by atoms with Gasteiger partial charge in [-0.05, 0) is 24.3 Å². The maximum atomic E-state index is 10.6. The Bertz CT molecular complexity index is 1060. The van der Waals surface area contributed by atoms with Crippen LogP contribution in [0.5, 0.6) is 11.5 Å². The molecule has 2 aromatic carbocycles. The number of imidazole rings is 1. The fraction of sp³-hybridized carbons (Fsp3) is 0.167. The molecule has 0 radical (unpaired) electrons. The first-order chi connectivity index (χ1) is 13.1. The van der Waals surface area contributed by atoms with E-state index in [0.717, 1.165) is 16.6 Å². The molecular weight excluding hydrogens is 350 g/mol. The number of anilines is 1. The molecule has 1 aliphatic heterocycles. The Kier molecular flexibility index (Phi) is 4.03. The summed E-state index contributed by atoms with van der Waals surface area (Å²) in [5.74, 6) is 0.203. The third kappa shape index (κ3) is 2.99. The number of carboxylic acid groups (broad SMARTS) is 1. The summed E-state index contributed by atoms with van der Waals surface area (Å²) in [6.45, 7) is -0.565. The van der Waals surface area contributed by atoms with Crippen molar-refractivity contribution in [3.63, 3.8) is 0 Å². The van der Waals surface area contributed by atoms with Gasteiger partial charge in [0, 0.05) is 5.56 Å². The molecule has 0 saturated carbocycles. The lowest BCUT2D eigenvalue weighted by atomic mass is 10.1. The molecule has 2 heterocycles. The van der Waals surface area contributed by atoms with Crippen LogP contribution in [0.25, 0.3) is 11.0 Å². The third-order valence-corrected chi connectivity index (χ3v) is 4.17. The Labute approximate surface area is 154 Å². The van der Waals surface area contributed by atoms with Crippen LogP contribution in [-0.4, -0.2) is 35.2 Å². The highest BCUT2D eigenvalue weighted by molar-refractivity contribution is 5.94. The highest BCUT2D eigenvalue weighted by atomic mass is 16.5. The molecule has 1 atom stereocenters. The zero-order valence-electron chi connectivity index (χ0n) is 14.4. The van der Waals surface area contributed by atoms with Crippen molar-refractivity contribution in [1.29, 1.82) is 0 Å². The molecule has 0 bridgehead atoms. The Morgan fingerprint density at radius 3 is 2.89 bits per heavy atom. The Balaban J connectivity index is 1.79. The summed E-state index contributed by atoms with van der Waals surface area (Å²) < 4.78 is 12.5. The number of ether oxygens (including phenoxy) is 2. The first kappa shape index (κ1) is 16.7. The van der Waals surface area contributed by atoms with E-state index < -0.39 is 18.7 Å². The number of carboxylic acids is 1. The standard InChI is InChI=1S/C18H17N5O4/c1-26-14-8-10(6-7-13(14)27-9-15(24)25)16-21-17(19)22-18-20-11-4-2-3-5-12(11)23(16)18/h2-8,16H,9H2,1H3,(H,24,25)(H3,19,20,21,22)/p-1/t16-/m1/s1. The summed E-state index contributed by atoms with van der Waals surface area (Å²) in [5, 5.41) is 13.6. The topological polar surface area (TPSA) is 127 Å². The number of guanidine groups is 1. The van der Waals surface area contributed by atoms with Crippen LogP contribution in [-0.2, 0) is 4.79 Å². The van der Waals surface area contributed by atoms with Crippen LogP contribution in [0.15, 0.2) is 47.5 Å². The number of aromatic nitrogens is 2. The van der Waals surface area contributed by atoms with Gasteiger partial charge in [-0.3, -0.25) is 9.88 Å². The molecule has 0 amide bonds. The number of benzene rings is 2. The molecule has 0 fully saturated rings. The summed E-state index contributed by atoms with van der Waals surface area (Å²) in [5.41, 5.74) is 8.43. The van der Waals surface area contributed by atoms with Crippen molar-refractivity contribution in [2.75, 3.05) is 19.0 Å². The maximum Gasteiger partial charge on any atom is 0.212 e. The second-order valence-electron chi connectivity index (χ2n) is 5.88. The van der Waals surface area contributed by atoms with Crippen LogP contribution in [0.4, 0.5) is 5.95 Å². The molecule has 9 heteroatoms. The molecule has 0 unspecified atom stereocenters. The number of hydrogen-bond donors (Lipinski definition) is 2. The Morgan fingerprint density at radius 1 is 1.30 bits per heavy atom. The largest absolute Gasteiger partial charge is 0.546 e. The molecular formula is C18H16N5O4-. The monoisotopic (exact) mass is 366 g/mol. The molecule has 27 heavy (non-hydrogen) atoms. The first-order valence-electron chi connectivity index (χ1n) is 8.14. The van der Waals surface area contributed by atoms with Crippen molar-refractivity contribution < 1.29 is 19.4 Å². The molecule has 1 aliphatic rings. The van der Waals surface area contributed by atoms with Gasteiger partial charge in [-0.15, -0.1) is 0 Å². The second kappa shape index (κ2) is 6.52. The predicted molar refractivity (Wildman–Crippen MR) is 96.6 cm³/mol. The summed E-state index contributed by atoms with van der Waals surface area (Å²) in [7, 11) is 1.48. The molecule has 138 valence electrons. The number of rotatable bonds is 5. The van der Waals surface area contributed by atoms with E-state index in [1.54, 1.807) is 18.2 Å². The van der Waals surface area contributed by atoms with Crippen molar-refractivity contribution in [3.05, 3.63) is 48.0 Å². The minimum absolute atomic E-state index is 0.249. The minimum atomic E-state index is -1.31. The van der Waals surface area contributed by atoms with Gasteiger partial charge in [0.25, 0.3) is 0 Å². The van der Waals surface area contributed by atoms with E-state index >= 15 is 0 Å². The summed E-state index contributed by atoms with van der Waals surface area (Å²) >= 11 is 0. The maximum absolute atomic E-state index is 10.6. The van der Waals surface area contributed by atoms with Crippen LogP contribution in [0.2, 0.25) is 0 Å². The van der Waals surface area contributed by atoms with Gasteiger partial charge in [0.1, 0.15) is 6.61 Å². The highest BCUT2D eigenvalue weighted by Crippen LogP contribution is 2.36. The van der Waals surface area contributed by atoms with Crippen LogP contribution in [0.1, 0.15) is 11.7 Å². The Morgan fingerprint density at radius 2 is 2.11 bits per heavy atom. The average Bonchev–Trinajstić information content (AvgIpc) is 3.03. The quantitative estimate of drug-likeness (QED) is 0.671. The molecule has 0 saturated heterocycles. The van der Waals surface area contributed by atoms with Gasteiger partial charge in [0.2, 0.25) is 5.95 Å². The lowest BCUT2D eigenvalue weighted by molar-refractivity contribution is -0.307. The van der Waals surface area contributed by atoms with Crippen molar-refractivity contribution in [2.24, 2.45) is 10.7 Å². The molecule has 0 aliphatic carbocycles. The van der Waals surface area contributed by atoms with E-state index in [-0.39, 0.29) is 5.96 Å². The van der Waals surface area contributed by atoms with Crippen molar-refractivity contribution in [2.45, 2.75) is 6.17 Å². The van der Waals surface area contributed by atoms with E-state index in [9.17, 15) is 9.90 Å². The number of aliphatic carboxylic acids is 1. The molecule has 0 spiro atoms. The number of hydrogen-bond acceptors (Lipinski definition) is 8. The number of aliphatic imine (C=N–C) groups is 1. The third-order valence-electron chi connectivity index (χ3n) is 4.17. The highest BCUT2D eigenvalue weighted by Gasteiger charge is 2.25. The van der Waals surface area contributed by atoms with Crippen LogP contribution >= 0.6 is 0 Å². The van der Waals surface area contributed by atoms with Gasteiger partial charge in [0.05, 0.1) is 24.1 Å². The number of carbonyl (C=O) groups is 1. The lowest BCUT2D eigenvalue weighted by Crippen LogP contribution is -2.31. The minimum Gasteiger partial charge on any atom is -0.546 e. The summed E-state index contributed by atoms with van der Waals surface area (Å²) in [6, 6.07) is 12.8. The van der Waals surface area contributed by atoms with Crippen LogP contribution in [0, 0.1) is 0 Å². The first-order valence-corrected chi connectivity index (χ1v) is 8.14. The van der Waals surface area contributed by atoms with Gasteiger partial charge in [-0.2, -0.15) is 0 Å². The van der Waals surface area contributed by atoms with Crippen molar-refractivity contribution in [1.82, 2.24) is 9.55 Å². The van der Waals surface area contributed by atoms with E-state index in [1.807, 2.05) is 28.8 Å². The molecule has 4 rings (SSSR count). The number of nitrogens with one attached hydrogen (secondary N) is 1. The number of fused-ring (bicyclic) bond motifs is 3. The van der Waals surface area contributed by atoms with Crippen molar-refractivity contribution >= 4 is 28.9 Å².